The summed E-state index contributed by atoms with van der Waals surface area (Å²) in [5, 5.41) is 8.63. The van der Waals surface area contributed by atoms with E-state index in [1.54, 1.807) is 24.3 Å². The average molecular weight is 220 g/mol. The summed E-state index contributed by atoms with van der Waals surface area (Å²) in [6, 6.07) is 8.71. The van der Waals surface area contributed by atoms with Gasteiger partial charge in [0.15, 0.2) is 0 Å². The van der Waals surface area contributed by atoms with E-state index in [1.165, 1.54) is 0 Å². The molecule has 1 heterocycles. The number of phenols is 1. The fourth-order valence-corrected chi connectivity index (χ4v) is 0.731. The number of aromatic hydroxyl groups is 1. The number of ether oxygens (including phenoxy) is 1. The van der Waals surface area contributed by atoms with Crippen LogP contribution in [0.2, 0.25) is 0 Å². The quantitative estimate of drug-likeness (QED) is 0.411. The van der Waals surface area contributed by atoms with Crippen molar-refractivity contribution in [1.82, 2.24) is 0 Å². The van der Waals surface area contributed by atoms with Crippen LogP contribution in [0.15, 0.2) is 55.6 Å². The third-order valence-corrected chi connectivity index (χ3v) is 1.31. The molecule has 1 N–H and O–H groups in total. The van der Waals surface area contributed by atoms with Gasteiger partial charge in [0.05, 0.1) is 0 Å². The van der Waals surface area contributed by atoms with E-state index in [9.17, 15) is 9.59 Å². The number of carbonyl (C=O) groups excluding carboxylic acids is 2. The first-order chi connectivity index (χ1) is 7.68. The first-order valence-electron chi connectivity index (χ1n) is 4.36. The van der Waals surface area contributed by atoms with Gasteiger partial charge in [-0.05, 0) is 12.1 Å². The monoisotopic (exact) mass is 220 g/mol. The predicted octanol–water partition coefficient (Wildman–Crippen LogP) is 1.82. The maximum absolute atomic E-state index is 9.92. The molecule has 0 amide bonds. The van der Waals surface area contributed by atoms with Gasteiger partial charge in [-0.25, -0.2) is 9.59 Å². The Morgan fingerprint density at radius 3 is 1.56 bits per heavy atom. The number of carbonyl (C=O) groups is 2. The topological polar surface area (TPSA) is 63.6 Å². The third-order valence-electron chi connectivity index (χ3n) is 1.31. The van der Waals surface area contributed by atoms with Gasteiger partial charge in [0.25, 0.3) is 0 Å². The van der Waals surface area contributed by atoms with Crippen molar-refractivity contribution in [1.29, 1.82) is 0 Å². The maximum atomic E-state index is 9.92. The van der Waals surface area contributed by atoms with E-state index in [2.05, 4.69) is 17.9 Å². The summed E-state index contributed by atoms with van der Waals surface area (Å²) in [7, 11) is 0. The molecule has 0 spiro atoms. The minimum absolute atomic E-state index is 0.322. The molecule has 0 saturated heterocycles. The molecule has 0 bridgehead atoms. The van der Waals surface area contributed by atoms with Gasteiger partial charge in [0, 0.05) is 12.2 Å². The Hall–Kier alpha value is -2.36. The Bertz CT molecular complexity index is 352. The van der Waals surface area contributed by atoms with Crippen molar-refractivity contribution in [2.45, 2.75) is 0 Å². The molecule has 0 aliphatic carbocycles. The van der Waals surface area contributed by atoms with Gasteiger partial charge in [-0.15, -0.1) is 13.2 Å². The van der Waals surface area contributed by atoms with Crippen LogP contribution in [0.25, 0.3) is 0 Å². The predicted molar refractivity (Wildman–Crippen MR) is 59.6 cm³/mol. The Kier molecular flexibility index (Phi) is 6.81. The second kappa shape index (κ2) is 7.99. The van der Waals surface area contributed by atoms with Crippen LogP contribution in [0.3, 0.4) is 0 Å². The molecule has 1 aliphatic heterocycles. The molecule has 0 aromatic heterocycles. The van der Waals surface area contributed by atoms with Gasteiger partial charge in [-0.3, -0.25) is 0 Å². The largest absolute Gasteiger partial charge is 0.508 e. The van der Waals surface area contributed by atoms with Gasteiger partial charge in [0.2, 0.25) is 0 Å². The summed E-state index contributed by atoms with van der Waals surface area (Å²) >= 11 is 0. The minimum atomic E-state index is -0.579. The van der Waals surface area contributed by atoms with Gasteiger partial charge in [-0.1, -0.05) is 18.2 Å². The van der Waals surface area contributed by atoms with Crippen LogP contribution in [0.4, 0.5) is 0 Å². The summed E-state index contributed by atoms with van der Waals surface area (Å²) in [4.78, 5) is 19.8. The number of cyclic esters (lactones) is 2. The van der Waals surface area contributed by atoms with Crippen molar-refractivity contribution in [3.05, 3.63) is 55.6 Å². The van der Waals surface area contributed by atoms with Crippen LogP contribution in [0.5, 0.6) is 5.75 Å². The van der Waals surface area contributed by atoms with Gasteiger partial charge >= 0.3 is 11.9 Å². The summed E-state index contributed by atoms with van der Waals surface area (Å²) in [6.07, 6.45) is 2.17. The lowest BCUT2D eigenvalue weighted by molar-refractivity contribution is -0.150. The lowest BCUT2D eigenvalue weighted by Crippen LogP contribution is -1.96. The summed E-state index contributed by atoms with van der Waals surface area (Å²) in [5.74, 6) is -0.836. The molecule has 4 nitrogen and oxygen atoms in total. The maximum Gasteiger partial charge on any atom is 0.338 e. The van der Waals surface area contributed by atoms with Gasteiger partial charge in [0.1, 0.15) is 5.75 Å². The molecule has 84 valence electrons. The number of esters is 2. The van der Waals surface area contributed by atoms with Gasteiger partial charge in [-0.2, -0.15) is 0 Å². The fraction of sp³-hybridized carbons (Fsp3) is 0. The van der Waals surface area contributed by atoms with Crippen molar-refractivity contribution >= 4 is 11.9 Å². The van der Waals surface area contributed by atoms with Crippen molar-refractivity contribution < 1.29 is 19.4 Å². The molecular weight excluding hydrogens is 208 g/mol. The van der Waals surface area contributed by atoms with Gasteiger partial charge < -0.3 is 9.84 Å². The van der Waals surface area contributed by atoms with E-state index < -0.39 is 11.9 Å². The van der Waals surface area contributed by atoms with Crippen molar-refractivity contribution in [2.75, 3.05) is 0 Å². The van der Waals surface area contributed by atoms with Crippen LogP contribution in [-0.2, 0) is 14.3 Å². The second-order valence-electron chi connectivity index (χ2n) is 2.41. The Morgan fingerprint density at radius 1 is 0.938 bits per heavy atom. The number of benzene rings is 1. The third kappa shape index (κ3) is 6.15. The molecule has 2 rings (SSSR count). The molecule has 0 saturated carbocycles. The van der Waals surface area contributed by atoms with Crippen molar-refractivity contribution in [3.63, 3.8) is 0 Å². The Labute approximate surface area is 93.5 Å². The standard InChI is InChI=1S/C6H6O.C4H2O3.C2H4/c7-6-4-2-1-3-5-6;5-3-1-2-4(6)7-3;1-2/h1-5,7H;1-2H;1-2H2. The molecule has 0 radical (unpaired) electrons. The minimum Gasteiger partial charge on any atom is -0.508 e. The highest BCUT2D eigenvalue weighted by molar-refractivity contribution is 6.04. The molecule has 16 heavy (non-hydrogen) atoms. The molecule has 1 aromatic rings. The first kappa shape index (κ1) is 13.6. The highest BCUT2D eigenvalue weighted by atomic mass is 16.6. The average Bonchev–Trinajstić information content (AvgIpc) is 2.67. The van der Waals surface area contributed by atoms with E-state index in [0.29, 0.717) is 5.75 Å². The van der Waals surface area contributed by atoms with E-state index in [1.807, 2.05) is 6.07 Å². The Morgan fingerprint density at radius 2 is 1.38 bits per heavy atom. The SMILES string of the molecule is C=C.O=C1C=CC(=O)O1.Oc1ccccc1. The number of rotatable bonds is 0. The number of hydrogen-bond acceptors (Lipinski definition) is 4. The highest BCUT2D eigenvalue weighted by Gasteiger charge is 2.10. The molecule has 0 fully saturated rings. The fourth-order valence-electron chi connectivity index (χ4n) is 0.731. The van der Waals surface area contributed by atoms with E-state index >= 15 is 0 Å². The zero-order valence-electron chi connectivity index (χ0n) is 8.63. The zero-order valence-corrected chi connectivity index (χ0v) is 8.63. The lowest BCUT2D eigenvalue weighted by Gasteiger charge is -1.82. The number of para-hydroxylation sites is 1. The second-order valence-corrected chi connectivity index (χ2v) is 2.41. The smallest absolute Gasteiger partial charge is 0.338 e. The molecule has 1 aliphatic rings. The molecule has 0 atom stereocenters. The lowest BCUT2D eigenvalue weighted by atomic mass is 10.3. The normalized spacial score (nSPS) is 11.8. The number of phenolic OH excluding ortho intramolecular Hbond substituents is 1. The van der Waals surface area contributed by atoms with Crippen molar-refractivity contribution in [3.8, 4) is 5.75 Å². The van der Waals surface area contributed by atoms with E-state index in [-0.39, 0.29) is 0 Å². The van der Waals surface area contributed by atoms with E-state index in [0.717, 1.165) is 12.2 Å². The van der Waals surface area contributed by atoms with Crippen LogP contribution in [-0.4, -0.2) is 17.0 Å². The molecule has 4 heteroatoms. The van der Waals surface area contributed by atoms with Crippen LogP contribution in [0.1, 0.15) is 0 Å². The zero-order chi connectivity index (χ0) is 12.4. The highest BCUT2D eigenvalue weighted by Crippen LogP contribution is 2.02. The summed E-state index contributed by atoms with van der Waals surface area (Å²) < 4.78 is 3.97. The molecule has 0 unspecified atom stereocenters. The molecule has 1 aromatic carbocycles. The summed E-state index contributed by atoms with van der Waals surface area (Å²) in [5.41, 5.74) is 0. The Balaban J connectivity index is 0.000000244. The summed E-state index contributed by atoms with van der Waals surface area (Å²) in [6.45, 7) is 6.00. The first-order valence-corrected chi connectivity index (χ1v) is 4.36. The number of hydrogen-bond donors (Lipinski definition) is 1. The van der Waals surface area contributed by atoms with Crippen LogP contribution >= 0.6 is 0 Å². The van der Waals surface area contributed by atoms with Crippen molar-refractivity contribution in [2.24, 2.45) is 0 Å². The van der Waals surface area contributed by atoms with E-state index in [4.69, 9.17) is 5.11 Å². The van der Waals surface area contributed by atoms with Crippen LogP contribution in [0, 0.1) is 0 Å². The molecular formula is C12H12O4. The van der Waals surface area contributed by atoms with Crippen LogP contribution < -0.4 is 0 Å².